The minimum Gasteiger partial charge on any atom is -0.504 e. The van der Waals surface area contributed by atoms with Crippen LogP contribution in [0, 0.1) is 9.81 Å². The molecule has 11 heavy (non-hydrogen) atoms. The zero-order valence-corrected chi connectivity index (χ0v) is 5.39. The first-order valence-corrected chi connectivity index (χ1v) is 2.78. The van der Waals surface area contributed by atoms with Gasteiger partial charge in [0, 0.05) is 0 Å². The van der Waals surface area contributed by atoms with E-state index in [0.717, 1.165) is 0 Å². The van der Waals surface area contributed by atoms with Crippen LogP contribution in [0.1, 0.15) is 0 Å². The van der Waals surface area contributed by atoms with Crippen molar-refractivity contribution in [1.82, 2.24) is 0 Å². The van der Waals surface area contributed by atoms with Gasteiger partial charge in [0.05, 0.1) is 0 Å². The van der Waals surface area contributed by atoms with Crippen LogP contribution in [0.3, 0.4) is 0 Å². The van der Waals surface area contributed by atoms with Gasteiger partial charge in [-0.3, -0.25) is 0 Å². The van der Waals surface area contributed by atoms with E-state index in [1.807, 2.05) is 0 Å². The average Bonchev–Trinajstić information content (AvgIpc) is 2.05. The van der Waals surface area contributed by atoms with E-state index in [9.17, 15) is 9.81 Å². The second kappa shape index (κ2) is 2.87. The maximum absolute atomic E-state index is 9.94. The van der Waals surface area contributed by atoms with Crippen molar-refractivity contribution in [3.05, 3.63) is 28.0 Å². The maximum atomic E-state index is 9.94. The van der Waals surface area contributed by atoms with E-state index in [2.05, 4.69) is 10.4 Å². The van der Waals surface area contributed by atoms with Crippen LogP contribution in [-0.4, -0.2) is 5.11 Å². The lowest BCUT2D eigenvalue weighted by atomic mass is 10.2. The van der Waals surface area contributed by atoms with Gasteiger partial charge in [-0.15, -0.1) is 9.81 Å². The lowest BCUT2D eigenvalue weighted by Crippen LogP contribution is -1.67. The normalized spacial score (nSPS) is 9.09. The Labute approximate surface area is 61.6 Å². The molecule has 5 nitrogen and oxygen atoms in total. The van der Waals surface area contributed by atoms with E-state index in [-0.39, 0.29) is 11.4 Å². The number of para-hydroxylation sites is 1. The number of benzene rings is 1. The Morgan fingerprint density at radius 3 is 1.91 bits per heavy atom. The van der Waals surface area contributed by atoms with Crippen LogP contribution < -0.4 is 0 Å². The highest BCUT2D eigenvalue weighted by Crippen LogP contribution is 2.35. The largest absolute Gasteiger partial charge is 0.504 e. The van der Waals surface area contributed by atoms with Gasteiger partial charge < -0.3 is 5.11 Å². The van der Waals surface area contributed by atoms with Crippen molar-refractivity contribution in [2.24, 2.45) is 10.4 Å². The van der Waals surface area contributed by atoms with Crippen LogP contribution in [0.25, 0.3) is 0 Å². The van der Waals surface area contributed by atoms with E-state index in [4.69, 9.17) is 5.11 Å². The summed E-state index contributed by atoms with van der Waals surface area (Å²) in [6.07, 6.45) is 0. The predicted molar refractivity (Wildman–Crippen MR) is 39.0 cm³/mol. The van der Waals surface area contributed by atoms with E-state index >= 15 is 0 Å². The van der Waals surface area contributed by atoms with Gasteiger partial charge in [-0.05, 0) is 22.5 Å². The summed E-state index contributed by atoms with van der Waals surface area (Å²) in [6.45, 7) is 0. The third kappa shape index (κ3) is 1.21. The Morgan fingerprint density at radius 2 is 1.55 bits per heavy atom. The quantitative estimate of drug-likeness (QED) is 0.659. The van der Waals surface area contributed by atoms with Gasteiger partial charge in [-0.2, -0.15) is 0 Å². The van der Waals surface area contributed by atoms with Crippen LogP contribution in [0.2, 0.25) is 0 Å². The van der Waals surface area contributed by atoms with Gasteiger partial charge in [0.1, 0.15) is 0 Å². The van der Waals surface area contributed by atoms with Crippen molar-refractivity contribution in [2.75, 3.05) is 0 Å². The molecule has 0 heterocycles. The Kier molecular flexibility index (Phi) is 1.91. The first-order chi connectivity index (χ1) is 5.29. The first-order valence-electron chi connectivity index (χ1n) is 2.78. The molecule has 0 aliphatic carbocycles. The molecule has 0 saturated heterocycles. The molecule has 0 aliphatic rings. The van der Waals surface area contributed by atoms with Gasteiger partial charge >= 0.3 is 0 Å². The molecule has 1 aromatic carbocycles. The molecule has 0 aliphatic heterocycles. The summed E-state index contributed by atoms with van der Waals surface area (Å²) in [4.78, 5) is 19.9. The highest BCUT2D eigenvalue weighted by molar-refractivity contribution is 5.64. The van der Waals surface area contributed by atoms with Crippen molar-refractivity contribution in [1.29, 1.82) is 0 Å². The number of nitroso groups, excluding NO2 is 2. The van der Waals surface area contributed by atoms with Crippen LogP contribution in [0.4, 0.5) is 11.4 Å². The summed E-state index contributed by atoms with van der Waals surface area (Å²) >= 11 is 0. The van der Waals surface area contributed by atoms with Crippen LogP contribution in [0.5, 0.6) is 5.75 Å². The number of nitrogens with zero attached hydrogens (tertiary/aromatic N) is 2. The number of phenols is 1. The molecule has 0 saturated carbocycles. The zero-order chi connectivity index (χ0) is 8.27. The van der Waals surface area contributed by atoms with Gasteiger partial charge in [0.25, 0.3) is 0 Å². The summed E-state index contributed by atoms with van der Waals surface area (Å²) in [6, 6.07) is 3.99. The maximum Gasteiger partial charge on any atom is 0.174 e. The summed E-state index contributed by atoms with van der Waals surface area (Å²) in [7, 11) is 0. The molecule has 0 spiro atoms. The Bertz CT molecular complexity index is 272. The third-order valence-corrected chi connectivity index (χ3v) is 1.19. The number of phenolic OH excluding ortho intramolecular Hbond substituents is 1. The molecule has 0 atom stereocenters. The summed E-state index contributed by atoms with van der Waals surface area (Å²) < 4.78 is 0. The van der Waals surface area contributed by atoms with Crippen molar-refractivity contribution < 1.29 is 5.11 Å². The molecule has 0 aromatic heterocycles. The first kappa shape index (κ1) is 7.33. The second-order valence-corrected chi connectivity index (χ2v) is 1.83. The molecule has 1 N–H and O–H groups in total. The van der Waals surface area contributed by atoms with Crippen molar-refractivity contribution in [2.45, 2.75) is 0 Å². The average molecular weight is 152 g/mol. The van der Waals surface area contributed by atoms with Crippen molar-refractivity contribution in [3.63, 3.8) is 0 Å². The van der Waals surface area contributed by atoms with E-state index in [0.29, 0.717) is 0 Å². The van der Waals surface area contributed by atoms with Crippen LogP contribution >= 0.6 is 0 Å². The molecule has 0 unspecified atom stereocenters. The smallest absolute Gasteiger partial charge is 0.174 e. The van der Waals surface area contributed by atoms with Crippen molar-refractivity contribution in [3.8, 4) is 5.75 Å². The standard InChI is InChI=1S/C6H4N2O3/c9-6-4(7-10)2-1-3-5(6)8-11/h1-3,9H. The zero-order valence-electron chi connectivity index (χ0n) is 5.39. The second-order valence-electron chi connectivity index (χ2n) is 1.83. The summed E-state index contributed by atoms with van der Waals surface area (Å²) in [5.74, 6) is -0.475. The number of aromatic hydroxyl groups is 1. The molecule has 56 valence electrons. The molecular weight excluding hydrogens is 148 g/mol. The predicted octanol–water partition coefficient (Wildman–Crippen LogP) is 2.19. The molecule has 5 heteroatoms. The lowest BCUT2D eigenvalue weighted by molar-refractivity contribution is 0.478. The number of hydrogen-bond acceptors (Lipinski definition) is 5. The molecule has 0 fully saturated rings. The summed E-state index contributed by atoms with van der Waals surface area (Å²) in [5, 5.41) is 14.0. The highest BCUT2D eigenvalue weighted by Gasteiger charge is 2.06. The van der Waals surface area contributed by atoms with Gasteiger partial charge in [-0.1, -0.05) is 6.07 Å². The Balaban J connectivity index is 3.30. The molecule has 1 rings (SSSR count). The molecule has 0 radical (unpaired) electrons. The minimum atomic E-state index is -0.475. The molecule has 1 aromatic rings. The topological polar surface area (TPSA) is 79.1 Å². The van der Waals surface area contributed by atoms with Crippen LogP contribution in [-0.2, 0) is 0 Å². The fourth-order valence-electron chi connectivity index (χ4n) is 0.667. The highest BCUT2D eigenvalue weighted by atomic mass is 16.3. The third-order valence-electron chi connectivity index (χ3n) is 1.19. The van der Waals surface area contributed by atoms with Gasteiger partial charge in [0.15, 0.2) is 17.1 Å². The molecular formula is C6H4N2O3. The van der Waals surface area contributed by atoms with Crippen molar-refractivity contribution >= 4 is 11.4 Å². The lowest BCUT2D eigenvalue weighted by Gasteiger charge is -1.94. The Hall–Kier alpha value is -1.78. The number of hydrogen-bond donors (Lipinski definition) is 1. The minimum absolute atomic E-state index is 0.179. The van der Waals surface area contributed by atoms with E-state index < -0.39 is 5.75 Å². The monoisotopic (exact) mass is 152 g/mol. The molecule has 0 amide bonds. The van der Waals surface area contributed by atoms with Gasteiger partial charge in [0.2, 0.25) is 0 Å². The SMILES string of the molecule is O=Nc1cccc(N=O)c1O. The summed E-state index contributed by atoms with van der Waals surface area (Å²) in [5.41, 5.74) is -0.357. The van der Waals surface area contributed by atoms with E-state index in [1.54, 1.807) is 0 Å². The number of rotatable bonds is 2. The van der Waals surface area contributed by atoms with Crippen LogP contribution in [0.15, 0.2) is 28.6 Å². The fourth-order valence-corrected chi connectivity index (χ4v) is 0.667. The van der Waals surface area contributed by atoms with Gasteiger partial charge in [-0.25, -0.2) is 0 Å². The Morgan fingerprint density at radius 1 is 1.09 bits per heavy atom. The molecule has 0 bridgehead atoms. The van der Waals surface area contributed by atoms with E-state index in [1.165, 1.54) is 18.2 Å². The fraction of sp³-hybridized carbons (Fsp3) is 0.